The van der Waals surface area contributed by atoms with Gasteiger partial charge in [0.15, 0.2) is 0 Å². The molecule has 0 amide bonds. The van der Waals surface area contributed by atoms with Crippen LogP contribution in [-0.2, 0) is 6.42 Å². The molecule has 1 nitrogen and oxygen atoms in total. The molecule has 0 aliphatic rings. The molecule has 2 rings (SSSR count). The van der Waals surface area contributed by atoms with Crippen molar-refractivity contribution in [1.29, 1.82) is 0 Å². The second-order valence-corrected chi connectivity index (χ2v) is 6.35. The summed E-state index contributed by atoms with van der Waals surface area (Å²) in [6, 6.07) is 17.2. The van der Waals surface area contributed by atoms with Crippen LogP contribution in [0.25, 0.3) is 0 Å². The largest absolute Gasteiger partial charge is 0.319 e. The molecular weight excluding hydrogens is 278 g/mol. The Hall–Kier alpha value is -1.31. The zero-order valence-corrected chi connectivity index (χ0v) is 13.8. The molecule has 0 aliphatic heterocycles. The Morgan fingerprint density at radius 1 is 1.00 bits per heavy atom. The van der Waals surface area contributed by atoms with Crippen molar-refractivity contribution in [2.45, 2.75) is 32.1 Å². The van der Waals surface area contributed by atoms with Gasteiger partial charge in [-0.2, -0.15) is 0 Å². The van der Waals surface area contributed by atoms with Crippen molar-refractivity contribution in [2.24, 2.45) is 0 Å². The summed E-state index contributed by atoms with van der Waals surface area (Å²) in [7, 11) is 2.00. The van der Waals surface area contributed by atoms with Crippen LogP contribution >= 0.6 is 11.6 Å². The average Bonchev–Trinajstić information content (AvgIpc) is 2.47. The van der Waals surface area contributed by atoms with E-state index in [0.717, 1.165) is 18.0 Å². The van der Waals surface area contributed by atoms with E-state index in [-0.39, 0.29) is 0 Å². The van der Waals surface area contributed by atoms with E-state index in [9.17, 15) is 0 Å². The minimum Gasteiger partial charge on any atom is -0.319 e. The van der Waals surface area contributed by atoms with Crippen LogP contribution in [-0.4, -0.2) is 13.6 Å². The van der Waals surface area contributed by atoms with E-state index in [0.29, 0.717) is 11.8 Å². The number of hydrogen-bond acceptors (Lipinski definition) is 1. The van der Waals surface area contributed by atoms with E-state index in [1.807, 2.05) is 19.2 Å². The Balaban J connectivity index is 2.16. The van der Waals surface area contributed by atoms with Crippen molar-refractivity contribution in [2.75, 3.05) is 13.6 Å². The number of hydrogen-bond donors (Lipinski definition) is 1. The monoisotopic (exact) mass is 301 g/mol. The van der Waals surface area contributed by atoms with Gasteiger partial charge in [0, 0.05) is 17.5 Å². The summed E-state index contributed by atoms with van der Waals surface area (Å²) in [6.07, 6.45) is 1.03. The van der Waals surface area contributed by atoms with Crippen molar-refractivity contribution in [3.63, 3.8) is 0 Å². The predicted molar refractivity (Wildman–Crippen MR) is 92.4 cm³/mol. The average molecular weight is 302 g/mol. The highest BCUT2D eigenvalue weighted by atomic mass is 35.5. The summed E-state index contributed by atoms with van der Waals surface area (Å²) in [5.41, 5.74) is 4.07. The van der Waals surface area contributed by atoms with Crippen LogP contribution in [0, 0.1) is 0 Å². The van der Waals surface area contributed by atoms with Crippen LogP contribution in [0.1, 0.15) is 42.4 Å². The highest BCUT2D eigenvalue weighted by molar-refractivity contribution is 6.30. The molecule has 0 bridgehead atoms. The molecule has 1 N–H and O–H groups in total. The van der Waals surface area contributed by atoms with Crippen LogP contribution < -0.4 is 5.32 Å². The van der Waals surface area contributed by atoms with Gasteiger partial charge in [-0.15, -0.1) is 0 Å². The summed E-state index contributed by atoms with van der Waals surface area (Å²) in [4.78, 5) is 0. The molecule has 2 aromatic rings. The van der Waals surface area contributed by atoms with Gasteiger partial charge in [0.2, 0.25) is 0 Å². The van der Waals surface area contributed by atoms with Gasteiger partial charge in [-0.25, -0.2) is 0 Å². The molecule has 0 fully saturated rings. The predicted octanol–water partition coefficient (Wildman–Crippen LogP) is 5.01. The molecule has 0 spiro atoms. The molecule has 0 saturated heterocycles. The maximum Gasteiger partial charge on any atom is 0.0408 e. The third-order valence-corrected chi connectivity index (χ3v) is 4.13. The van der Waals surface area contributed by atoms with Crippen molar-refractivity contribution >= 4 is 11.6 Å². The van der Waals surface area contributed by atoms with E-state index in [2.05, 4.69) is 55.6 Å². The van der Waals surface area contributed by atoms with Crippen LogP contribution in [0.4, 0.5) is 0 Å². The normalized spacial score (nSPS) is 12.6. The molecule has 0 aromatic heterocycles. The van der Waals surface area contributed by atoms with Crippen LogP contribution in [0.2, 0.25) is 5.02 Å². The highest BCUT2D eigenvalue weighted by Gasteiger charge is 2.12. The molecule has 1 atom stereocenters. The minimum atomic E-state index is 0.443. The Morgan fingerprint density at radius 3 is 2.29 bits per heavy atom. The second kappa shape index (κ2) is 7.63. The lowest BCUT2D eigenvalue weighted by molar-refractivity contribution is 0.625. The fraction of sp³-hybridized carbons (Fsp3) is 0.368. The zero-order chi connectivity index (χ0) is 15.2. The van der Waals surface area contributed by atoms with E-state index >= 15 is 0 Å². The standard InChI is InChI=1S/C19H24ClN/c1-14(2)16-9-7-15(8-10-16)11-18(13-21-3)17-5-4-6-19(20)12-17/h4-10,12,14,18,21H,11,13H2,1-3H3. The number of benzene rings is 2. The van der Waals surface area contributed by atoms with Gasteiger partial charge < -0.3 is 5.32 Å². The lowest BCUT2D eigenvalue weighted by Gasteiger charge is -2.18. The fourth-order valence-corrected chi connectivity index (χ4v) is 2.84. The van der Waals surface area contributed by atoms with Gasteiger partial charge in [0.1, 0.15) is 0 Å². The summed E-state index contributed by atoms with van der Waals surface area (Å²) < 4.78 is 0. The molecule has 1 unspecified atom stereocenters. The first kappa shape index (κ1) is 16.1. The Kier molecular flexibility index (Phi) is 5.84. The smallest absolute Gasteiger partial charge is 0.0408 e. The van der Waals surface area contributed by atoms with Crippen LogP contribution in [0.5, 0.6) is 0 Å². The van der Waals surface area contributed by atoms with Crippen molar-refractivity contribution < 1.29 is 0 Å². The van der Waals surface area contributed by atoms with Crippen LogP contribution in [0.3, 0.4) is 0 Å². The van der Waals surface area contributed by atoms with Crippen LogP contribution in [0.15, 0.2) is 48.5 Å². The summed E-state index contributed by atoms with van der Waals surface area (Å²) >= 11 is 6.13. The lowest BCUT2D eigenvalue weighted by atomic mass is 9.91. The first-order chi connectivity index (χ1) is 10.1. The Bertz CT molecular complexity index is 560. The first-order valence-corrected chi connectivity index (χ1v) is 7.97. The quantitative estimate of drug-likeness (QED) is 0.791. The van der Waals surface area contributed by atoms with Gasteiger partial charge in [0.25, 0.3) is 0 Å². The lowest BCUT2D eigenvalue weighted by Crippen LogP contribution is -2.19. The summed E-state index contributed by atoms with van der Waals surface area (Å²) in [5.74, 6) is 1.03. The van der Waals surface area contributed by atoms with E-state index < -0.39 is 0 Å². The number of rotatable bonds is 6. The maximum atomic E-state index is 6.13. The molecule has 112 valence electrons. The van der Waals surface area contributed by atoms with E-state index in [1.165, 1.54) is 16.7 Å². The van der Waals surface area contributed by atoms with E-state index in [1.54, 1.807) is 0 Å². The molecule has 0 heterocycles. The number of halogens is 1. The topological polar surface area (TPSA) is 12.0 Å². The minimum absolute atomic E-state index is 0.443. The molecule has 2 heteroatoms. The van der Waals surface area contributed by atoms with E-state index in [4.69, 9.17) is 11.6 Å². The molecule has 0 radical (unpaired) electrons. The molecule has 21 heavy (non-hydrogen) atoms. The Labute approximate surface area is 133 Å². The molecule has 0 saturated carbocycles. The van der Waals surface area contributed by atoms with Gasteiger partial charge in [-0.3, -0.25) is 0 Å². The molecular formula is C19H24ClN. The third-order valence-electron chi connectivity index (χ3n) is 3.90. The summed E-state index contributed by atoms with van der Waals surface area (Å²) in [6.45, 7) is 5.40. The highest BCUT2D eigenvalue weighted by Crippen LogP contribution is 2.24. The van der Waals surface area contributed by atoms with Crippen molar-refractivity contribution in [3.8, 4) is 0 Å². The second-order valence-electron chi connectivity index (χ2n) is 5.91. The van der Waals surface area contributed by atoms with Crippen molar-refractivity contribution in [3.05, 3.63) is 70.2 Å². The third kappa shape index (κ3) is 4.59. The molecule has 0 aliphatic carbocycles. The van der Waals surface area contributed by atoms with Gasteiger partial charge in [-0.05, 0) is 48.2 Å². The number of likely N-dealkylation sites (N-methyl/N-ethyl adjacent to an activating group) is 1. The number of nitrogens with one attached hydrogen (secondary N) is 1. The van der Waals surface area contributed by atoms with Crippen molar-refractivity contribution in [1.82, 2.24) is 5.32 Å². The zero-order valence-electron chi connectivity index (χ0n) is 13.1. The first-order valence-electron chi connectivity index (χ1n) is 7.59. The fourth-order valence-electron chi connectivity index (χ4n) is 2.64. The van der Waals surface area contributed by atoms with Gasteiger partial charge in [-0.1, -0.05) is 61.8 Å². The maximum absolute atomic E-state index is 6.13. The van der Waals surface area contributed by atoms with Gasteiger partial charge >= 0.3 is 0 Å². The Morgan fingerprint density at radius 2 is 1.71 bits per heavy atom. The summed E-state index contributed by atoms with van der Waals surface area (Å²) in [5, 5.41) is 4.10. The molecule has 2 aromatic carbocycles. The SMILES string of the molecule is CNCC(Cc1ccc(C(C)C)cc1)c1cccc(Cl)c1. The van der Waals surface area contributed by atoms with Gasteiger partial charge in [0.05, 0.1) is 0 Å².